The zero-order chi connectivity index (χ0) is 12.3. The summed E-state index contributed by atoms with van der Waals surface area (Å²) in [4.78, 5) is 2.43. The molecule has 0 aliphatic rings. The Morgan fingerprint density at radius 2 is 1.94 bits per heavy atom. The molecule has 2 rings (SSSR count). The van der Waals surface area contributed by atoms with Gasteiger partial charge in [0.15, 0.2) is 0 Å². The van der Waals surface area contributed by atoms with E-state index in [-0.39, 0.29) is 0 Å². The summed E-state index contributed by atoms with van der Waals surface area (Å²) in [7, 11) is 0. The molecule has 1 heterocycles. The Hall–Kier alpha value is -0.990. The quantitative estimate of drug-likeness (QED) is 0.787. The SMILES string of the molecule is CCN(CC)CCn1ccc2cc(Cl)ccc21. The molecule has 92 valence electrons. The minimum Gasteiger partial charge on any atom is -0.346 e. The van der Waals surface area contributed by atoms with Gasteiger partial charge in [-0.05, 0) is 37.4 Å². The highest BCUT2D eigenvalue weighted by Gasteiger charge is 2.03. The zero-order valence-corrected chi connectivity index (χ0v) is 11.2. The first-order valence-electron chi connectivity index (χ1n) is 6.21. The largest absolute Gasteiger partial charge is 0.346 e. The number of likely N-dealkylation sites (N-methyl/N-ethyl adjacent to an activating group) is 1. The van der Waals surface area contributed by atoms with Gasteiger partial charge in [0.25, 0.3) is 0 Å². The fraction of sp³-hybridized carbons (Fsp3) is 0.429. The van der Waals surface area contributed by atoms with Crippen LogP contribution in [-0.2, 0) is 6.54 Å². The summed E-state index contributed by atoms with van der Waals surface area (Å²) < 4.78 is 2.30. The predicted octanol–water partition coefficient (Wildman–Crippen LogP) is 3.64. The van der Waals surface area contributed by atoms with Gasteiger partial charge in [-0.25, -0.2) is 0 Å². The Balaban J connectivity index is 2.14. The standard InChI is InChI=1S/C14H19ClN2/c1-3-16(4-2)9-10-17-8-7-12-11-13(15)5-6-14(12)17/h5-8,11H,3-4,9-10H2,1-2H3. The van der Waals surface area contributed by atoms with Crippen LogP contribution in [0.15, 0.2) is 30.5 Å². The van der Waals surface area contributed by atoms with Crippen molar-refractivity contribution in [3.63, 3.8) is 0 Å². The molecule has 0 aliphatic heterocycles. The molecule has 2 aromatic rings. The van der Waals surface area contributed by atoms with E-state index in [0.717, 1.165) is 31.2 Å². The van der Waals surface area contributed by atoms with Crippen molar-refractivity contribution in [2.45, 2.75) is 20.4 Å². The summed E-state index contributed by atoms with van der Waals surface area (Å²) in [6.07, 6.45) is 2.14. The lowest BCUT2D eigenvalue weighted by molar-refractivity contribution is 0.292. The van der Waals surface area contributed by atoms with Crippen LogP contribution >= 0.6 is 11.6 Å². The molecule has 0 amide bonds. The number of halogens is 1. The molecule has 1 aromatic carbocycles. The third-order valence-electron chi connectivity index (χ3n) is 3.28. The van der Waals surface area contributed by atoms with E-state index >= 15 is 0 Å². The first kappa shape index (κ1) is 12.5. The molecule has 0 saturated heterocycles. The number of hydrogen-bond donors (Lipinski definition) is 0. The molecule has 0 N–H and O–H groups in total. The van der Waals surface area contributed by atoms with E-state index in [1.54, 1.807) is 0 Å². The van der Waals surface area contributed by atoms with Gasteiger partial charge in [0.2, 0.25) is 0 Å². The zero-order valence-electron chi connectivity index (χ0n) is 10.5. The topological polar surface area (TPSA) is 8.17 Å². The predicted molar refractivity (Wildman–Crippen MR) is 74.7 cm³/mol. The average Bonchev–Trinajstić information content (AvgIpc) is 2.73. The van der Waals surface area contributed by atoms with Crippen molar-refractivity contribution in [2.75, 3.05) is 19.6 Å². The van der Waals surface area contributed by atoms with E-state index < -0.39 is 0 Å². The second-order valence-corrected chi connectivity index (χ2v) is 4.68. The van der Waals surface area contributed by atoms with E-state index in [9.17, 15) is 0 Å². The summed E-state index contributed by atoms with van der Waals surface area (Å²) in [5.74, 6) is 0. The third-order valence-corrected chi connectivity index (χ3v) is 3.52. The number of aromatic nitrogens is 1. The maximum absolute atomic E-state index is 5.98. The maximum atomic E-state index is 5.98. The van der Waals surface area contributed by atoms with Crippen LogP contribution in [-0.4, -0.2) is 29.1 Å². The van der Waals surface area contributed by atoms with Gasteiger partial charge in [0.1, 0.15) is 0 Å². The Morgan fingerprint density at radius 1 is 1.18 bits per heavy atom. The molecular formula is C14H19ClN2. The normalized spacial score (nSPS) is 11.5. The van der Waals surface area contributed by atoms with Crippen molar-refractivity contribution < 1.29 is 0 Å². The second kappa shape index (κ2) is 5.56. The summed E-state index contributed by atoms with van der Waals surface area (Å²) in [6.45, 7) is 8.77. The highest BCUT2D eigenvalue weighted by atomic mass is 35.5. The number of hydrogen-bond acceptors (Lipinski definition) is 1. The van der Waals surface area contributed by atoms with Crippen LogP contribution in [0.3, 0.4) is 0 Å². The third kappa shape index (κ3) is 2.82. The fourth-order valence-corrected chi connectivity index (χ4v) is 2.34. The number of nitrogens with zero attached hydrogens (tertiary/aromatic N) is 2. The van der Waals surface area contributed by atoms with Gasteiger partial charge in [0, 0.05) is 35.2 Å². The molecule has 0 spiro atoms. The number of benzene rings is 1. The van der Waals surface area contributed by atoms with Crippen LogP contribution in [0.25, 0.3) is 10.9 Å². The molecule has 0 aliphatic carbocycles. The van der Waals surface area contributed by atoms with Crippen molar-refractivity contribution >= 4 is 22.5 Å². The van der Waals surface area contributed by atoms with Crippen LogP contribution < -0.4 is 0 Å². The molecule has 17 heavy (non-hydrogen) atoms. The molecule has 3 heteroatoms. The first-order chi connectivity index (χ1) is 8.24. The van der Waals surface area contributed by atoms with Gasteiger partial charge in [-0.3, -0.25) is 0 Å². The van der Waals surface area contributed by atoms with Gasteiger partial charge in [0.05, 0.1) is 0 Å². The van der Waals surface area contributed by atoms with Crippen LogP contribution in [0.1, 0.15) is 13.8 Å². The van der Waals surface area contributed by atoms with Crippen molar-refractivity contribution in [3.05, 3.63) is 35.5 Å². The Labute approximate surface area is 108 Å². The van der Waals surface area contributed by atoms with Gasteiger partial charge >= 0.3 is 0 Å². The van der Waals surface area contributed by atoms with Gasteiger partial charge in [-0.2, -0.15) is 0 Å². The highest BCUT2D eigenvalue weighted by Crippen LogP contribution is 2.20. The molecule has 0 bridgehead atoms. The van der Waals surface area contributed by atoms with Crippen molar-refractivity contribution in [1.29, 1.82) is 0 Å². The monoisotopic (exact) mass is 250 g/mol. The average molecular weight is 251 g/mol. The van der Waals surface area contributed by atoms with Crippen molar-refractivity contribution in [3.8, 4) is 0 Å². The fourth-order valence-electron chi connectivity index (χ4n) is 2.15. The minimum absolute atomic E-state index is 0.805. The number of rotatable bonds is 5. The lowest BCUT2D eigenvalue weighted by atomic mass is 10.2. The summed E-state index contributed by atoms with van der Waals surface area (Å²) in [5.41, 5.74) is 1.27. The molecule has 0 saturated carbocycles. The van der Waals surface area contributed by atoms with Crippen molar-refractivity contribution in [1.82, 2.24) is 9.47 Å². The molecule has 0 atom stereocenters. The van der Waals surface area contributed by atoms with Gasteiger partial charge < -0.3 is 9.47 Å². The molecule has 1 aromatic heterocycles. The summed E-state index contributed by atoms with van der Waals surface area (Å²) >= 11 is 5.98. The van der Waals surface area contributed by atoms with Crippen LogP contribution in [0.5, 0.6) is 0 Å². The Kier molecular flexibility index (Phi) is 4.08. The van der Waals surface area contributed by atoms with Crippen molar-refractivity contribution in [2.24, 2.45) is 0 Å². The lowest BCUT2D eigenvalue weighted by Crippen LogP contribution is -2.26. The van der Waals surface area contributed by atoms with Crippen LogP contribution in [0.2, 0.25) is 5.02 Å². The Morgan fingerprint density at radius 3 is 2.65 bits per heavy atom. The molecule has 2 nitrogen and oxygen atoms in total. The summed E-state index contributed by atoms with van der Waals surface area (Å²) in [6, 6.07) is 8.20. The number of fused-ring (bicyclic) bond motifs is 1. The van der Waals surface area contributed by atoms with E-state index in [1.807, 2.05) is 12.1 Å². The van der Waals surface area contributed by atoms with Gasteiger partial charge in [-0.1, -0.05) is 25.4 Å². The van der Waals surface area contributed by atoms with Crippen LogP contribution in [0, 0.1) is 0 Å². The van der Waals surface area contributed by atoms with E-state index in [4.69, 9.17) is 11.6 Å². The summed E-state index contributed by atoms with van der Waals surface area (Å²) in [5, 5.41) is 2.02. The van der Waals surface area contributed by atoms with E-state index in [0.29, 0.717) is 0 Å². The molecule has 0 fully saturated rings. The second-order valence-electron chi connectivity index (χ2n) is 4.24. The van der Waals surface area contributed by atoms with Gasteiger partial charge in [-0.15, -0.1) is 0 Å². The van der Waals surface area contributed by atoms with E-state index in [1.165, 1.54) is 10.9 Å². The Bertz CT molecular complexity index is 486. The minimum atomic E-state index is 0.805. The lowest BCUT2D eigenvalue weighted by Gasteiger charge is -2.18. The molecule has 0 radical (unpaired) electrons. The highest BCUT2D eigenvalue weighted by molar-refractivity contribution is 6.31. The smallest absolute Gasteiger partial charge is 0.0481 e. The molecule has 0 unspecified atom stereocenters. The molecular weight excluding hydrogens is 232 g/mol. The van der Waals surface area contributed by atoms with E-state index in [2.05, 4.69) is 41.6 Å². The maximum Gasteiger partial charge on any atom is 0.0481 e. The van der Waals surface area contributed by atoms with Crippen LogP contribution in [0.4, 0.5) is 0 Å². The first-order valence-corrected chi connectivity index (χ1v) is 6.59.